The van der Waals surface area contributed by atoms with Crippen molar-refractivity contribution in [3.05, 3.63) is 63.3 Å². The van der Waals surface area contributed by atoms with Crippen molar-refractivity contribution < 1.29 is 14.0 Å². The molecule has 6 heteroatoms. The number of halogens is 1. The number of carbonyl (C=O) groups excluding carboxylic acids is 2. The van der Waals surface area contributed by atoms with Crippen molar-refractivity contribution in [2.75, 3.05) is 11.9 Å². The van der Waals surface area contributed by atoms with E-state index in [2.05, 4.69) is 10.6 Å². The Kier molecular flexibility index (Phi) is 5.28. The number of hydrogen-bond donors (Lipinski definition) is 2. The van der Waals surface area contributed by atoms with Gasteiger partial charge in [-0.15, -0.1) is 11.3 Å². The first kappa shape index (κ1) is 19.0. The second-order valence-electron chi connectivity index (χ2n) is 6.67. The van der Waals surface area contributed by atoms with Crippen molar-refractivity contribution in [3.63, 3.8) is 0 Å². The number of anilines is 1. The largest absolute Gasteiger partial charge is 0.342 e. The van der Waals surface area contributed by atoms with Gasteiger partial charge in [-0.05, 0) is 56.5 Å². The summed E-state index contributed by atoms with van der Waals surface area (Å²) in [6, 6.07) is 8.77. The summed E-state index contributed by atoms with van der Waals surface area (Å²) in [6.45, 7) is 7.44. The minimum Gasteiger partial charge on any atom is -0.342 e. The predicted octanol–water partition coefficient (Wildman–Crippen LogP) is 4.64. The zero-order chi connectivity index (χ0) is 19.7. The highest BCUT2D eigenvalue weighted by Crippen LogP contribution is 2.32. The molecule has 2 amide bonds. The van der Waals surface area contributed by atoms with Gasteiger partial charge in [0.15, 0.2) is 0 Å². The van der Waals surface area contributed by atoms with Crippen LogP contribution in [0.3, 0.4) is 0 Å². The average molecular weight is 384 g/mol. The van der Waals surface area contributed by atoms with E-state index in [0.29, 0.717) is 20.5 Å². The van der Waals surface area contributed by atoms with Gasteiger partial charge < -0.3 is 10.6 Å². The van der Waals surface area contributed by atoms with Crippen LogP contribution in [0.1, 0.15) is 31.9 Å². The van der Waals surface area contributed by atoms with Gasteiger partial charge in [0.25, 0.3) is 5.91 Å². The summed E-state index contributed by atoms with van der Waals surface area (Å²) >= 11 is 1.22. The second kappa shape index (κ2) is 7.48. The fraction of sp³-hybridized carbons (Fsp3) is 0.238. The third kappa shape index (κ3) is 3.85. The molecule has 140 valence electrons. The van der Waals surface area contributed by atoms with Crippen LogP contribution in [-0.4, -0.2) is 18.4 Å². The van der Waals surface area contributed by atoms with Crippen LogP contribution in [0.4, 0.5) is 10.1 Å². The quantitative estimate of drug-likeness (QED) is 0.688. The van der Waals surface area contributed by atoms with Gasteiger partial charge in [0.1, 0.15) is 5.82 Å². The molecule has 0 aliphatic carbocycles. The molecule has 27 heavy (non-hydrogen) atoms. The summed E-state index contributed by atoms with van der Waals surface area (Å²) in [5, 5.41) is 5.94. The molecule has 2 aromatic carbocycles. The standard InChI is InChI=1S/C21H21FN2O2S/c1-11-8-12(2)19(13(3)9-11)24-17(25)10-23-21(26)20-14(4)18-15(22)6-5-7-16(18)27-20/h5-9H,10H2,1-4H3,(H,23,26)(H,24,25). The van der Waals surface area contributed by atoms with Crippen LogP contribution in [0, 0.1) is 33.5 Å². The molecule has 0 saturated heterocycles. The van der Waals surface area contributed by atoms with Crippen LogP contribution in [0.15, 0.2) is 30.3 Å². The maximum absolute atomic E-state index is 14.0. The van der Waals surface area contributed by atoms with E-state index in [-0.39, 0.29) is 24.2 Å². The fourth-order valence-electron chi connectivity index (χ4n) is 3.27. The summed E-state index contributed by atoms with van der Waals surface area (Å²) in [5.74, 6) is -1.02. The molecule has 0 fully saturated rings. The summed E-state index contributed by atoms with van der Waals surface area (Å²) in [5.41, 5.74) is 4.44. The van der Waals surface area contributed by atoms with Crippen LogP contribution in [0.2, 0.25) is 0 Å². The lowest BCUT2D eigenvalue weighted by Crippen LogP contribution is -2.33. The highest BCUT2D eigenvalue weighted by atomic mass is 32.1. The highest BCUT2D eigenvalue weighted by molar-refractivity contribution is 7.21. The number of thiophene rings is 1. The molecule has 3 rings (SSSR count). The number of fused-ring (bicyclic) bond motifs is 1. The topological polar surface area (TPSA) is 58.2 Å². The molecule has 1 heterocycles. The van der Waals surface area contributed by atoms with Crippen molar-refractivity contribution in [1.29, 1.82) is 0 Å². The molecule has 0 aliphatic rings. The van der Waals surface area contributed by atoms with Gasteiger partial charge in [0.05, 0.1) is 11.4 Å². The van der Waals surface area contributed by atoms with E-state index in [0.717, 1.165) is 22.4 Å². The van der Waals surface area contributed by atoms with Crippen molar-refractivity contribution in [2.45, 2.75) is 27.7 Å². The Balaban J connectivity index is 1.70. The number of benzene rings is 2. The third-order valence-corrected chi connectivity index (χ3v) is 5.72. The van der Waals surface area contributed by atoms with Crippen molar-refractivity contribution >= 4 is 38.9 Å². The SMILES string of the molecule is Cc1cc(C)c(NC(=O)CNC(=O)c2sc3cccc(F)c3c2C)c(C)c1. The van der Waals surface area contributed by atoms with Gasteiger partial charge in [0.2, 0.25) is 5.91 Å². The van der Waals surface area contributed by atoms with E-state index < -0.39 is 0 Å². The van der Waals surface area contributed by atoms with Crippen LogP contribution >= 0.6 is 11.3 Å². The van der Waals surface area contributed by atoms with Crippen molar-refractivity contribution in [3.8, 4) is 0 Å². The maximum atomic E-state index is 14.0. The Morgan fingerprint density at radius 1 is 1.07 bits per heavy atom. The Morgan fingerprint density at radius 3 is 2.37 bits per heavy atom. The van der Waals surface area contributed by atoms with Gasteiger partial charge in [0, 0.05) is 15.8 Å². The third-order valence-electron chi connectivity index (χ3n) is 4.46. The maximum Gasteiger partial charge on any atom is 0.262 e. The number of aryl methyl sites for hydroxylation is 4. The molecule has 2 N–H and O–H groups in total. The van der Waals surface area contributed by atoms with Crippen molar-refractivity contribution in [2.24, 2.45) is 0 Å². The lowest BCUT2D eigenvalue weighted by molar-refractivity contribution is -0.115. The van der Waals surface area contributed by atoms with E-state index in [1.165, 1.54) is 17.4 Å². The van der Waals surface area contributed by atoms with E-state index in [1.54, 1.807) is 19.1 Å². The molecule has 3 aromatic rings. The Bertz CT molecular complexity index is 1030. The van der Waals surface area contributed by atoms with E-state index in [9.17, 15) is 14.0 Å². The second-order valence-corrected chi connectivity index (χ2v) is 7.73. The van der Waals surface area contributed by atoms with Crippen LogP contribution in [-0.2, 0) is 4.79 Å². The Morgan fingerprint density at radius 2 is 1.74 bits per heavy atom. The predicted molar refractivity (Wildman–Crippen MR) is 108 cm³/mol. The van der Waals surface area contributed by atoms with Crippen LogP contribution in [0.25, 0.3) is 10.1 Å². The summed E-state index contributed by atoms with van der Waals surface area (Å²) < 4.78 is 14.7. The van der Waals surface area contributed by atoms with Gasteiger partial charge in [-0.2, -0.15) is 0 Å². The smallest absolute Gasteiger partial charge is 0.262 e. The van der Waals surface area contributed by atoms with Crippen LogP contribution < -0.4 is 10.6 Å². The summed E-state index contributed by atoms with van der Waals surface area (Å²) in [6.07, 6.45) is 0. The van der Waals surface area contributed by atoms with E-state index in [1.807, 2.05) is 32.9 Å². The summed E-state index contributed by atoms with van der Waals surface area (Å²) in [7, 11) is 0. The first-order chi connectivity index (χ1) is 12.8. The normalized spacial score (nSPS) is 10.9. The van der Waals surface area contributed by atoms with Crippen molar-refractivity contribution in [1.82, 2.24) is 5.32 Å². The van der Waals surface area contributed by atoms with Gasteiger partial charge in [-0.25, -0.2) is 4.39 Å². The molecule has 0 spiro atoms. The Labute approximate surface area is 161 Å². The summed E-state index contributed by atoms with van der Waals surface area (Å²) in [4.78, 5) is 25.2. The lowest BCUT2D eigenvalue weighted by atomic mass is 10.1. The van der Waals surface area contributed by atoms with Gasteiger partial charge in [-0.3, -0.25) is 9.59 Å². The number of amides is 2. The molecule has 0 saturated carbocycles. The number of carbonyl (C=O) groups is 2. The lowest BCUT2D eigenvalue weighted by Gasteiger charge is -2.13. The molecule has 0 aliphatic heterocycles. The first-order valence-electron chi connectivity index (χ1n) is 8.61. The molecule has 0 unspecified atom stereocenters. The Hall–Kier alpha value is -2.73. The van der Waals surface area contributed by atoms with E-state index >= 15 is 0 Å². The minimum atomic E-state index is -0.374. The fourth-order valence-corrected chi connectivity index (χ4v) is 4.41. The average Bonchev–Trinajstić information content (AvgIpc) is 2.94. The molecular formula is C21H21FN2O2S. The monoisotopic (exact) mass is 384 g/mol. The molecule has 1 aromatic heterocycles. The van der Waals surface area contributed by atoms with Gasteiger partial charge >= 0.3 is 0 Å². The first-order valence-corrected chi connectivity index (χ1v) is 9.43. The molecule has 4 nitrogen and oxygen atoms in total. The minimum absolute atomic E-state index is 0.151. The zero-order valence-corrected chi connectivity index (χ0v) is 16.5. The molecule has 0 atom stereocenters. The molecular weight excluding hydrogens is 363 g/mol. The van der Waals surface area contributed by atoms with Crippen LogP contribution in [0.5, 0.6) is 0 Å². The molecule has 0 radical (unpaired) electrons. The van der Waals surface area contributed by atoms with Gasteiger partial charge in [-0.1, -0.05) is 23.8 Å². The molecule has 0 bridgehead atoms. The number of rotatable bonds is 4. The zero-order valence-electron chi connectivity index (χ0n) is 15.7. The van der Waals surface area contributed by atoms with E-state index in [4.69, 9.17) is 0 Å². The number of hydrogen-bond acceptors (Lipinski definition) is 3. The highest BCUT2D eigenvalue weighted by Gasteiger charge is 2.18. The number of nitrogens with one attached hydrogen (secondary N) is 2.